The van der Waals surface area contributed by atoms with Crippen LogP contribution in [0.3, 0.4) is 0 Å². The van der Waals surface area contributed by atoms with Gasteiger partial charge in [-0.2, -0.15) is 0 Å². The van der Waals surface area contributed by atoms with Crippen LogP contribution in [0.25, 0.3) is 6.08 Å². The van der Waals surface area contributed by atoms with Crippen LogP contribution in [-0.2, 0) is 10.3 Å². The van der Waals surface area contributed by atoms with Gasteiger partial charge in [-0.3, -0.25) is 0 Å². The molecular weight excluding hydrogens is 358 g/mol. The van der Waals surface area contributed by atoms with Gasteiger partial charge in [0.1, 0.15) is 11.4 Å². The van der Waals surface area contributed by atoms with E-state index in [4.69, 9.17) is 15.2 Å². The molecule has 3 rings (SSSR count). The molecule has 0 aliphatic carbocycles. The Morgan fingerprint density at radius 2 is 1.38 bits per heavy atom. The molecule has 29 heavy (non-hydrogen) atoms. The van der Waals surface area contributed by atoms with Crippen LogP contribution in [0.2, 0.25) is 0 Å². The summed E-state index contributed by atoms with van der Waals surface area (Å²) in [6, 6.07) is 28.6. The summed E-state index contributed by atoms with van der Waals surface area (Å²) in [6.07, 6.45) is 5.67. The quantitative estimate of drug-likeness (QED) is 0.534. The van der Waals surface area contributed by atoms with Gasteiger partial charge in [-0.25, -0.2) is 0 Å². The molecule has 2 N–H and O–H groups in total. The maximum Gasteiger partial charge on any atom is 0.119 e. The van der Waals surface area contributed by atoms with E-state index in [0.717, 1.165) is 28.9 Å². The number of methoxy groups -OCH3 is 2. The van der Waals surface area contributed by atoms with Crippen molar-refractivity contribution in [3.63, 3.8) is 0 Å². The first-order valence-electron chi connectivity index (χ1n) is 9.90. The first-order chi connectivity index (χ1) is 14.2. The summed E-state index contributed by atoms with van der Waals surface area (Å²) >= 11 is 0. The fraction of sp³-hybridized carbons (Fsp3) is 0.231. The molecule has 0 radical (unpaired) electrons. The van der Waals surface area contributed by atoms with E-state index in [0.29, 0.717) is 6.42 Å². The van der Waals surface area contributed by atoms with Crippen molar-refractivity contribution in [2.45, 2.75) is 24.5 Å². The monoisotopic (exact) mass is 387 g/mol. The summed E-state index contributed by atoms with van der Waals surface area (Å²) in [6.45, 7) is 0. The summed E-state index contributed by atoms with van der Waals surface area (Å²) in [4.78, 5) is 0. The van der Waals surface area contributed by atoms with E-state index >= 15 is 0 Å². The summed E-state index contributed by atoms with van der Waals surface area (Å²) in [5.41, 5.74) is 9.35. The van der Waals surface area contributed by atoms with E-state index in [9.17, 15) is 0 Å². The number of hydrogen-bond acceptors (Lipinski definition) is 3. The Hall–Kier alpha value is -2.88. The lowest BCUT2D eigenvalue weighted by Gasteiger charge is -2.35. The Morgan fingerprint density at radius 1 is 0.828 bits per heavy atom. The Labute approximate surface area is 173 Å². The van der Waals surface area contributed by atoms with Crippen molar-refractivity contribution in [2.75, 3.05) is 14.2 Å². The average molecular weight is 388 g/mol. The average Bonchev–Trinajstić information content (AvgIpc) is 2.79. The van der Waals surface area contributed by atoms with Gasteiger partial charge < -0.3 is 15.2 Å². The Kier molecular flexibility index (Phi) is 7.23. The van der Waals surface area contributed by atoms with Gasteiger partial charge in [-0.1, -0.05) is 84.9 Å². The minimum atomic E-state index is -0.574. The summed E-state index contributed by atoms with van der Waals surface area (Å²) in [5, 5.41) is 0. The molecule has 0 amide bonds. The molecule has 1 unspecified atom stereocenters. The smallest absolute Gasteiger partial charge is 0.119 e. The second-order valence-electron chi connectivity index (χ2n) is 7.14. The van der Waals surface area contributed by atoms with Crippen molar-refractivity contribution in [3.8, 4) is 5.75 Å². The zero-order chi connectivity index (χ0) is 20.5. The van der Waals surface area contributed by atoms with Crippen molar-refractivity contribution >= 4 is 6.08 Å². The molecule has 0 fully saturated rings. The molecule has 0 saturated heterocycles. The molecule has 3 nitrogen and oxygen atoms in total. The van der Waals surface area contributed by atoms with Gasteiger partial charge >= 0.3 is 0 Å². The third kappa shape index (κ3) is 5.14. The molecule has 0 saturated carbocycles. The topological polar surface area (TPSA) is 44.5 Å². The summed E-state index contributed by atoms with van der Waals surface area (Å²) in [7, 11) is 3.44. The fourth-order valence-corrected chi connectivity index (χ4v) is 3.68. The van der Waals surface area contributed by atoms with Gasteiger partial charge in [0.15, 0.2) is 0 Å². The summed E-state index contributed by atoms with van der Waals surface area (Å²) in [5.74, 6) is 0.856. The summed E-state index contributed by atoms with van der Waals surface area (Å²) < 4.78 is 11.4. The van der Waals surface area contributed by atoms with Crippen molar-refractivity contribution < 1.29 is 9.47 Å². The van der Waals surface area contributed by atoms with E-state index in [-0.39, 0.29) is 6.04 Å². The molecular formula is C26H29NO2. The number of ether oxygens (including phenoxy) is 2. The molecule has 1 atom stereocenters. The van der Waals surface area contributed by atoms with Crippen LogP contribution < -0.4 is 10.5 Å². The molecule has 0 spiro atoms. The minimum absolute atomic E-state index is 0.0511. The van der Waals surface area contributed by atoms with Crippen LogP contribution in [0, 0.1) is 0 Å². The van der Waals surface area contributed by atoms with Gasteiger partial charge in [-0.15, -0.1) is 0 Å². The molecule has 3 heteroatoms. The number of benzene rings is 3. The lowest BCUT2D eigenvalue weighted by molar-refractivity contribution is 0.00913. The molecule has 0 aromatic heterocycles. The predicted octanol–water partition coefficient (Wildman–Crippen LogP) is 5.41. The Balaban J connectivity index is 1.77. The number of rotatable bonds is 9. The first-order valence-corrected chi connectivity index (χ1v) is 9.90. The second-order valence-corrected chi connectivity index (χ2v) is 7.14. The maximum absolute atomic E-state index is 6.57. The third-order valence-electron chi connectivity index (χ3n) is 5.24. The Morgan fingerprint density at radius 3 is 1.86 bits per heavy atom. The zero-order valence-corrected chi connectivity index (χ0v) is 17.1. The van der Waals surface area contributed by atoms with Gasteiger partial charge in [0.2, 0.25) is 0 Å². The van der Waals surface area contributed by atoms with Crippen LogP contribution in [-0.4, -0.2) is 20.3 Å². The zero-order valence-electron chi connectivity index (χ0n) is 17.1. The van der Waals surface area contributed by atoms with Gasteiger partial charge in [0, 0.05) is 19.6 Å². The van der Waals surface area contributed by atoms with Crippen molar-refractivity contribution in [1.82, 2.24) is 0 Å². The van der Waals surface area contributed by atoms with Crippen molar-refractivity contribution in [1.29, 1.82) is 0 Å². The normalized spacial score (nSPS) is 12.8. The van der Waals surface area contributed by atoms with Crippen LogP contribution in [0.1, 0.15) is 29.5 Å². The molecule has 0 bridgehead atoms. The largest absolute Gasteiger partial charge is 0.497 e. The van der Waals surface area contributed by atoms with E-state index in [1.807, 2.05) is 60.7 Å². The van der Waals surface area contributed by atoms with Crippen molar-refractivity contribution in [3.05, 3.63) is 108 Å². The molecule has 3 aromatic rings. The predicted molar refractivity (Wildman–Crippen MR) is 120 cm³/mol. The fourth-order valence-electron chi connectivity index (χ4n) is 3.68. The minimum Gasteiger partial charge on any atom is -0.497 e. The van der Waals surface area contributed by atoms with E-state index in [1.165, 1.54) is 0 Å². The van der Waals surface area contributed by atoms with Crippen LogP contribution >= 0.6 is 0 Å². The van der Waals surface area contributed by atoms with Gasteiger partial charge in [0.05, 0.1) is 7.11 Å². The standard InChI is InChI=1S/C26H29NO2/c1-28-25-18-16-21(17-19-25)10-9-15-24(27)20-26(29-2,22-11-5-3-6-12-22)23-13-7-4-8-14-23/h3-14,16-19,24H,15,20,27H2,1-2H3/b10-9+. The lowest BCUT2D eigenvalue weighted by Crippen LogP contribution is -2.37. The van der Waals surface area contributed by atoms with Crippen molar-refractivity contribution in [2.24, 2.45) is 5.73 Å². The molecule has 150 valence electrons. The highest BCUT2D eigenvalue weighted by molar-refractivity contribution is 5.50. The number of nitrogens with two attached hydrogens (primary N) is 1. The third-order valence-corrected chi connectivity index (χ3v) is 5.24. The molecule has 0 aliphatic rings. The molecule has 3 aromatic carbocycles. The second kappa shape index (κ2) is 10.1. The van der Waals surface area contributed by atoms with E-state index in [2.05, 4.69) is 36.4 Å². The Bertz CT molecular complexity index is 850. The molecule has 0 heterocycles. The highest BCUT2D eigenvalue weighted by Crippen LogP contribution is 2.37. The first kappa shape index (κ1) is 20.8. The van der Waals surface area contributed by atoms with Gasteiger partial charge in [0.25, 0.3) is 0 Å². The maximum atomic E-state index is 6.57. The van der Waals surface area contributed by atoms with Crippen LogP contribution in [0.4, 0.5) is 0 Å². The highest BCUT2D eigenvalue weighted by Gasteiger charge is 2.35. The van der Waals surface area contributed by atoms with Crippen LogP contribution in [0.5, 0.6) is 5.75 Å². The van der Waals surface area contributed by atoms with E-state index in [1.54, 1.807) is 14.2 Å². The highest BCUT2D eigenvalue weighted by atomic mass is 16.5. The number of hydrogen-bond donors (Lipinski definition) is 1. The SMILES string of the molecule is COc1ccc(/C=C/CC(N)CC(OC)(c2ccccc2)c2ccccc2)cc1. The van der Waals surface area contributed by atoms with Gasteiger partial charge in [-0.05, 0) is 35.2 Å². The molecule has 0 aliphatic heterocycles. The lowest BCUT2D eigenvalue weighted by atomic mass is 9.80. The van der Waals surface area contributed by atoms with Crippen LogP contribution in [0.15, 0.2) is 91.0 Å². The van der Waals surface area contributed by atoms with E-state index < -0.39 is 5.60 Å².